The van der Waals surface area contributed by atoms with Crippen LogP contribution in [0, 0.1) is 24.2 Å². The number of alkyl halides is 1. The van der Waals surface area contributed by atoms with Gasteiger partial charge in [-0.2, -0.15) is 0 Å². The van der Waals surface area contributed by atoms with E-state index in [1.807, 2.05) is 32.0 Å². The maximum Gasteiger partial charge on any atom is 0.192 e. The Morgan fingerprint density at radius 3 is 2.67 bits per heavy atom. The van der Waals surface area contributed by atoms with Crippen LogP contribution in [0.1, 0.15) is 63.3 Å². The normalized spacial score (nSPS) is 47.6. The predicted octanol–water partition coefficient (Wildman–Crippen LogP) is 4.41. The summed E-state index contributed by atoms with van der Waals surface area (Å²) in [5, 5.41) is 22.1. The van der Waals surface area contributed by atoms with E-state index in [1.54, 1.807) is 0 Å². The molecule has 36 heavy (non-hydrogen) atoms. The zero-order chi connectivity index (χ0) is 25.3. The number of aliphatic hydroxyl groups excluding tert-OH is 2. The molecule has 2 aliphatic heterocycles. The van der Waals surface area contributed by atoms with Gasteiger partial charge in [-0.3, -0.25) is 0 Å². The number of allylic oxidation sites excluding steroid dienone is 2. The van der Waals surface area contributed by atoms with Crippen molar-refractivity contribution >= 4 is 16.7 Å². The summed E-state index contributed by atoms with van der Waals surface area (Å²) in [5.74, 6) is 0.315. The number of ether oxygens (including phenoxy) is 1. The van der Waals surface area contributed by atoms with Gasteiger partial charge in [0.2, 0.25) is 0 Å². The Morgan fingerprint density at radius 1 is 1.08 bits per heavy atom. The SMILES string of the molecule is Cc1nc2ccc(C3=CCC4[C@@]56CC[C@]7(C[C@H](N(C)C)[C@@H](O)[C@H](O)C7CC5(F)CC[C@]34C)O6)cc2o1. The van der Waals surface area contributed by atoms with Crippen molar-refractivity contribution in [2.45, 2.75) is 93.9 Å². The second kappa shape index (κ2) is 7.19. The van der Waals surface area contributed by atoms with Gasteiger partial charge in [-0.1, -0.05) is 19.1 Å². The van der Waals surface area contributed by atoms with E-state index in [0.717, 1.165) is 35.9 Å². The molecule has 2 aromatic rings. The lowest BCUT2D eigenvalue weighted by atomic mass is 9.51. The topological polar surface area (TPSA) is 79.0 Å². The van der Waals surface area contributed by atoms with Crippen LogP contribution < -0.4 is 0 Å². The first-order valence-corrected chi connectivity index (χ1v) is 13.5. The lowest BCUT2D eigenvalue weighted by molar-refractivity contribution is -0.314. The zero-order valence-corrected chi connectivity index (χ0v) is 21.6. The molecule has 1 aromatic heterocycles. The predicted molar refractivity (Wildman–Crippen MR) is 134 cm³/mol. The first kappa shape index (κ1) is 23.3. The van der Waals surface area contributed by atoms with Crippen molar-refractivity contribution in [1.82, 2.24) is 9.88 Å². The molecule has 1 aromatic carbocycles. The standard InChI is InChI=1S/C29H37FN2O4/c1-16-31-20-7-5-17(13-22(20)35-16)18-6-8-23-26(18,2)9-11-28(30)14-19-24(33)25(34)21(32(3)4)15-27(19)10-12-29(23,28)36-27/h5-7,13,19,21,23-25,33-34H,8-12,14-15H2,1-4H3/t19?,21-,23?,24+,25+,26+,27+,28?,29-/m0/s1. The Hall–Kier alpha value is -1.80. The van der Waals surface area contributed by atoms with Gasteiger partial charge < -0.3 is 24.3 Å². The van der Waals surface area contributed by atoms with Crippen molar-refractivity contribution in [3.8, 4) is 0 Å². The fourth-order valence-corrected chi connectivity index (χ4v) is 9.22. The molecule has 2 saturated carbocycles. The number of aryl methyl sites for hydroxylation is 1. The summed E-state index contributed by atoms with van der Waals surface area (Å²) < 4.78 is 30.1. The van der Waals surface area contributed by atoms with Crippen molar-refractivity contribution in [2.75, 3.05) is 14.1 Å². The van der Waals surface area contributed by atoms with Gasteiger partial charge in [0.1, 0.15) is 16.8 Å². The van der Waals surface area contributed by atoms with E-state index in [0.29, 0.717) is 25.2 Å². The minimum absolute atomic E-state index is 0.0352. The molecule has 2 spiro atoms. The van der Waals surface area contributed by atoms with Gasteiger partial charge in [-0.15, -0.1) is 0 Å². The maximum atomic E-state index is 17.2. The van der Waals surface area contributed by atoms with E-state index in [-0.39, 0.29) is 29.7 Å². The van der Waals surface area contributed by atoms with E-state index in [2.05, 4.69) is 30.1 Å². The molecule has 4 fully saturated rings. The van der Waals surface area contributed by atoms with Gasteiger partial charge in [0.05, 0.1) is 17.8 Å². The molecule has 2 N–H and O–H groups in total. The number of halogens is 1. The van der Waals surface area contributed by atoms with Crippen LogP contribution in [0.4, 0.5) is 4.39 Å². The second-order valence-electron chi connectivity index (χ2n) is 12.8. The average molecular weight is 497 g/mol. The lowest BCUT2D eigenvalue weighted by Crippen LogP contribution is -2.72. The molecule has 9 atom stereocenters. The number of nitrogens with zero attached hydrogens (tertiary/aromatic N) is 2. The highest BCUT2D eigenvalue weighted by Gasteiger charge is 2.77. The Morgan fingerprint density at radius 2 is 1.89 bits per heavy atom. The van der Waals surface area contributed by atoms with E-state index in [4.69, 9.17) is 9.15 Å². The number of oxazole rings is 1. The number of rotatable bonds is 2. The number of aliphatic hydroxyl groups is 2. The molecule has 7 heteroatoms. The lowest BCUT2D eigenvalue weighted by Gasteiger charge is -2.64. The zero-order valence-electron chi connectivity index (χ0n) is 21.6. The van der Waals surface area contributed by atoms with Crippen molar-refractivity contribution in [3.05, 3.63) is 35.7 Å². The summed E-state index contributed by atoms with van der Waals surface area (Å²) in [5.41, 5.74) is 0.879. The number of aromatic nitrogens is 1. The molecule has 7 rings (SSSR count). The Kier molecular flexibility index (Phi) is 4.66. The number of hydrogen-bond acceptors (Lipinski definition) is 6. The highest BCUT2D eigenvalue weighted by atomic mass is 19.1. The fraction of sp³-hybridized carbons (Fsp3) is 0.690. The number of hydrogen-bond donors (Lipinski definition) is 2. The van der Waals surface area contributed by atoms with E-state index >= 15 is 4.39 Å². The fourth-order valence-electron chi connectivity index (χ4n) is 9.22. The van der Waals surface area contributed by atoms with E-state index in [1.165, 1.54) is 5.57 Å². The van der Waals surface area contributed by atoms with Crippen LogP contribution in [-0.2, 0) is 4.74 Å². The van der Waals surface area contributed by atoms with Crippen LogP contribution in [0.5, 0.6) is 0 Å². The van der Waals surface area contributed by atoms with Crippen molar-refractivity contribution in [2.24, 2.45) is 17.3 Å². The molecule has 3 unspecified atom stereocenters. The molecule has 3 aliphatic carbocycles. The summed E-state index contributed by atoms with van der Waals surface area (Å²) in [6.07, 6.45) is 4.68. The average Bonchev–Trinajstić information content (AvgIpc) is 3.49. The highest BCUT2D eigenvalue weighted by Crippen LogP contribution is 2.72. The van der Waals surface area contributed by atoms with E-state index < -0.39 is 29.1 Å². The monoisotopic (exact) mass is 496 g/mol. The summed E-state index contributed by atoms with van der Waals surface area (Å²) in [4.78, 5) is 6.42. The summed E-state index contributed by atoms with van der Waals surface area (Å²) in [6.45, 7) is 4.15. The molecule has 194 valence electrons. The quantitative estimate of drug-likeness (QED) is 0.641. The van der Waals surface area contributed by atoms with Crippen molar-refractivity contribution < 1.29 is 23.8 Å². The molecule has 0 radical (unpaired) electrons. The summed E-state index contributed by atoms with van der Waals surface area (Å²) in [7, 11) is 3.87. The van der Waals surface area contributed by atoms with Gasteiger partial charge in [0.25, 0.3) is 0 Å². The van der Waals surface area contributed by atoms with Crippen molar-refractivity contribution in [1.29, 1.82) is 0 Å². The van der Waals surface area contributed by atoms with Crippen LogP contribution in [0.2, 0.25) is 0 Å². The first-order chi connectivity index (χ1) is 17.0. The molecule has 2 bridgehead atoms. The van der Waals surface area contributed by atoms with Crippen LogP contribution in [0.3, 0.4) is 0 Å². The summed E-state index contributed by atoms with van der Waals surface area (Å²) >= 11 is 0. The molecule has 6 nitrogen and oxygen atoms in total. The minimum atomic E-state index is -1.50. The smallest absolute Gasteiger partial charge is 0.192 e. The maximum absolute atomic E-state index is 17.2. The minimum Gasteiger partial charge on any atom is -0.441 e. The molecule has 0 amide bonds. The third kappa shape index (κ3) is 2.73. The van der Waals surface area contributed by atoms with Gasteiger partial charge in [-0.25, -0.2) is 9.37 Å². The van der Waals surface area contributed by atoms with Crippen LogP contribution in [0.15, 0.2) is 28.7 Å². The number of fused-ring (bicyclic) bond motifs is 2. The number of benzene rings is 1. The van der Waals surface area contributed by atoms with Gasteiger partial charge in [0, 0.05) is 24.8 Å². The van der Waals surface area contributed by atoms with Crippen LogP contribution in [-0.4, -0.2) is 69.3 Å². The van der Waals surface area contributed by atoms with Gasteiger partial charge in [0.15, 0.2) is 11.5 Å². The van der Waals surface area contributed by atoms with Crippen LogP contribution in [0.25, 0.3) is 16.7 Å². The summed E-state index contributed by atoms with van der Waals surface area (Å²) in [6, 6.07) is 6.01. The molecule has 3 heterocycles. The van der Waals surface area contributed by atoms with Crippen LogP contribution >= 0.6 is 0 Å². The molecule has 2 saturated heterocycles. The third-order valence-electron chi connectivity index (χ3n) is 11.0. The number of likely N-dealkylation sites (N-methyl/N-ethyl adjacent to an activating group) is 1. The third-order valence-corrected chi connectivity index (χ3v) is 11.0. The molecular formula is C29H37FN2O4. The van der Waals surface area contributed by atoms with Gasteiger partial charge >= 0.3 is 0 Å². The van der Waals surface area contributed by atoms with Gasteiger partial charge in [-0.05, 0) is 87.7 Å². The molecule has 5 aliphatic rings. The molecular weight excluding hydrogens is 459 g/mol. The largest absolute Gasteiger partial charge is 0.441 e. The van der Waals surface area contributed by atoms with Crippen molar-refractivity contribution in [3.63, 3.8) is 0 Å². The highest BCUT2D eigenvalue weighted by molar-refractivity contribution is 5.82. The second-order valence-corrected chi connectivity index (χ2v) is 12.8. The Bertz CT molecular complexity index is 1280. The van der Waals surface area contributed by atoms with E-state index in [9.17, 15) is 10.2 Å². The first-order valence-electron chi connectivity index (χ1n) is 13.5. The Labute approximate surface area is 211 Å². The Balaban J connectivity index is 1.27.